The number of rotatable bonds is 2. The molecular weight excluding hydrogens is 212 g/mol. The molecule has 0 saturated heterocycles. The topological polar surface area (TPSA) is 46.5 Å². The average Bonchev–Trinajstić information content (AvgIpc) is 2.87. The first kappa shape index (κ1) is 10.6. The molecule has 2 aromatic rings. The van der Waals surface area contributed by atoms with Gasteiger partial charge in [-0.25, -0.2) is 4.98 Å². The molecule has 0 aromatic carbocycles. The van der Waals surface area contributed by atoms with E-state index in [1.165, 1.54) is 17.8 Å². The third-order valence-electron chi connectivity index (χ3n) is 3.51. The predicted octanol–water partition coefficient (Wildman–Crippen LogP) is 2.34. The molecule has 1 aliphatic carbocycles. The normalized spacial score (nSPS) is 23.6. The molecule has 0 aliphatic heterocycles. The summed E-state index contributed by atoms with van der Waals surface area (Å²) in [6.07, 6.45) is 6.14. The molecule has 0 bridgehead atoms. The third kappa shape index (κ3) is 1.99. The van der Waals surface area contributed by atoms with E-state index in [1.54, 1.807) is 6.20 Å². The summed E-state index contributed by atoms with van der Waals surface area (Å²) in [5, 5.41) is 4.21. The van der Waals surface area contributed by atoms with Crippen molar-refractivity contribution in [2.45, 2.75) is 39.2 Å². The lowest BCUT2D eigenvalue weighted by molar-refractivity contribution is 0.440. The number of fused-ring (bicyclic) bond motifs is 1. The molecule has 0 saturated carbocycles. The maximum absolute atomic E-state index is 4.72. The first-order chi connectivity index (χ1) is 8.22. The zero-order valence-corrected chi connectivity index (χ0v) is 10.3. The van der Waals surface area contributed by atoms with E-state index in [9.17, 15) is 0 Å². The van der Waals surface area contributed by atoms with Crippen LogP contribution < -0.4 is 0 Å². The molecule has 2 heterocycles. The summed E-state index contributed by atoms with van der Waals surface area (Å²) < 4.78 is 1.90. The molecule has 0 spiro atoms. The minimum Gasteiger partial charge on any atom is -0.344 e. The third-order valence-corrected chi connectivity index (χ3v) is 3.51. The molecule has 17 heavy (non-hydrogen) atoms. The fraction of sp³-hybridized carbons (Fsp3) is 0.538. The Kier molecular flexibility index (Phi) is 2.50. The number of nitrogens with zero attached hydrogens (tertiary/aromatic N) is 3. The molecule has 2 atom stereocenters. The first-order valence-electron chi connectivity index (χ1n) is 6.27. The minimum atomic E-state index is 0.580. The van der Waals surface area contributed by atoms with Gasteiger partial charge in [-0.05, 0) is 24.8 Å². The number of hydrogen-bond acceptors (Lipinski definition) is 2. The Morgan fingerprint density at radius 3 is 3.12 bits per heavy atom. The Labute approximate surface area is 101 Å². The van der Waals surface area contributed by atoms with Crippen LogP contribution in [-0.2, 0) is 13.0 Å². The van der Waals surface area contributed by atoms with Crippen molar-refractivity contribution >= 4 is 0 Å². The second-order valence-corrected chi connectivity index (χ2v) is 5.20. The molecule has 2 aromatic heterocycles. The second kappa shape index (κ2) is 4.02. The second-order valence-electron chi connectivity index (χ2n) is 5.20. The number of hydrogen-bond donors (Lipinski definition) is 1. The van der Waals surface area contributed by atoms with Crippen LogP contribution in [0.4, 0.5) is 0 Å². The summed E-state index contributed by atoms with van der Waals surface area (Å²) in [4.78, 5) is 8.19. The molecule has 1 aliphatic rings. The highest BCUT2D eigenvalue weighted by molar-refractivity contribution is 5.22. The molecule has 0 radical (unpaired) electrons. The van der Waals surface area contributed by atoms with Crippen LogP contribution in [0.3, 0.4) is 0 Å². The summed E-state index contributed by atoms with van der Waals surface area (Å²) in [5.74, 6) is 2.37. The van der Waals surface area contributed by atoms with E-state index >= 15 is 0 Å². The van der Waals surface area contributed by atoms with Crippen molar-refractivity contribution < 1.29 is 0 Å². The summed E-state index contributed by atoms with van der Waals surface area (Å²) in [7, 11) is 0. The smallest absolute Gasteiger partial charge is 0.128 e. The van der Waals surface area contributed by atoms with Gasteiger partial charge in [-0.3, -0.25) is 4.68 Å². The maximum Gasteiger partial charge on any atom is 0.128 e. The van der Waals surface area contributed by atoms with Gasteiger partial charge in [0.2, 0.25) is 0 Å². The Balaban J connectivity index is 1.86. The standard InChI is InChI=1S/C13H18N4/c1-9-6-10(2)13-11(7-9)15-12(16-13)8-17-5-3-4-14-17/h3-5,9-10H,6-8H2,1-2H3,(H,15,16). The van der Waals surface area contributed by atoms with Crippen molar-refractivity contribution in [3.63, 3.8) is 0 Å². The largest absolute Gasteiger partial charge is 0.344 e. The summed E-state index contributed by atoms with van der Waals surface area (Å²) >= 11 is 0. The predicted molar refractivity (Wildman–Crippen MR) is 65.8 cm³/mol. The summed E-state index contributed by atoms with van der Waals surface area (Å²) in [6, 6.07) is 1.94. The van der Waals surface area contributed by atoms with E-state index in [2.05, 4.69) is 23.9 Å². The summed E-state index contributed by atoms with van der Waals surface area (Å²) in [5.41, 5.74) is 2.60. The van der Waals surface area contributed by atoms with Crippen LogP contribution in [0.15, 0.2) is 18.5 Å². The van der Waals surface area contributed by atoms with Crippen LogP contribution in [0.1, 0.15) is 43.4 Å². The van der Waals surface area contributed by atoms with Gasteiger partial charge >= 0.3 is 0 Å². The lowest BCUT2D eigenvalue weighted by Crippen LogP contribution is -2.14. The van der Waals surface area contributed by atoms with Crippen LogP contribution in [0.5, 0.6) is 0 Å². The average molecular weight is 230 g/mol. The lowest BCUT2D eigenvalue weighted by Gasteiger charge is -2.22. The molecule has 0 fully saturated rings. The highest BCUT2D eigenvalue weighted by Gasteiger charge is 2.25. The van der Waals surface area contributed by atoms with Gasteiger partial charge in [0, 0.05) is 24.0 Å². The minimum absolute atomic E-state index is 0.580. The van der Waals surface area contributed by atoms with Gasteiger partial charge in [0.1, 0.15) is 5.82 Å². The first-order valence-corrected chi connectivity index (χ1v) is 6.27. The lowest BCUT2D eigenvalue weighted by atomic mass is 9.84. The zero-order chi connectivity index (χ0) is 11.8. The maximum atomic E-state index is 4.72. The number of aromatic nitrogens is 4. The quantitative estimate of drug-likeness (QED) is 0.860. The molecule has 4 heteroatoms. The molecule has 2 unspecified atom stereocenters. The van der Waals surface area contributed by atoms with Gasteiger partial charge in [0.05, 0.1) is 12.2 Å². The Bertz CT molecular complexity index is 497. The Morgan fingerprint density at radius 2 is 2.35 bits per heavy atom. The van der Waals surface area contributed by atoms with E-state index in [1.807, 2.05) is 16.9 Å². The van der Waals surface area contributed by atoms with Crippen LogP contribution in [0, 0.1) is 5.92 Å². The molecular formula is C13H18N4. The van der Waals surface area contributed by atoms with Crippen molar-refractivity contribution in [2.24, 2.45) is 5.92 Å². The number of nitrogens with one attached hydrogen (secondary N) is 1. The van der Waals surface area contributed by atoms with Gasteiger partial charge in [0.15, 0.2) is 0 Å². The van der Waals surface area contributed by atoms with Crippen molar-refractivity contribution in [3.8, 4) is 0 Å². The van der Waals surface area contributed by atoms with Crippen LogP contribution >= 0.6 is 0 Å². The van der Waals surface area contributed by atoms with Crippen LogP contribution in [0.25, 0.3) is 0 Å². The van der Waals surface area contributed by atoms with Gasteiger partial charge in [-0.2, -0.15) is 5.10 Å². The fourth-order valence-electron chi connectivity index (χ4n) is 2.81. The highest BCUT2D eigenvalue weighted by atomic mass is 15.3. The molecule has 1 N–H and O–H groups in total. The van der Waals surface area contributed by atoms with Gasteiger partial charge in [0.25, 0.3) is 0 Å². The van der Waals surface area contributed by atoms with Crippen molar-refractivity contribution in [1.82, 2.24) is 19.7 Å². The van der Waals surface area contributed by atoms with Gasteiger partial charge in [-0.1, -0.05) is 13.8 Å². The van der Waals surface area contributed by atoms with Crippen molar-refractivity contribution in [2.75, 3.05) is 0 Å². The molecule has 3 rings (SSSR count). The van der Waals surface area contributed by atoms with E-state index < -0.39 is 0 Å². The molecule has 4 nitrogen and oxygen atoms in total. The van der Waals surface area contributed by atoms with Crippen LogP contribution in [0.2, 0.25) is 0 Å². The zero-order valence-electron chi connectivity index (χ0n) is 10.3. The Morgan fingerprint density at radius 1 is 1.47 bits per heavy atom. The van der Waals surface area contributed by atoms with Gasteiger partial charge in [-0.15, -0.1) is 0 Å². The summed E-state index contributed by atoms with van der Waals surface area (Å²) in [6.45, 7) is 5.32. The van der Waals surface area contributed by atoms with Gasteiger partial charge < -0.3 is 4.98 Å². The highest BCUT2D eigenvalue weighted by Crippen LogP contribution is 2.32. The van der Waals surface area contributed by atoms with Crippen molar-refractivity contribution in [1.29, 1.82) is 0 Å². The van der Waals surface area contributed by atoms with E-state index in [0.717, 1.165) is 24.7 Å². The SMILES string of the molecule is CC1Cc2[nH]c(Cn3cccn3)nc2C(C)C1. The van der Waals surface area contributed by atoms with E-state index in [0.29, 0.717) is 5.92 Å². The van der Waals surface area contributed by atoms with E-state index in [-0.39, 0.29) is 0 Å². The fourth-order valence-corrected chi connectivity index (χ4v) is 2.81. The molecule has 0 amide bonds. The Hall–Kier alpha value is -1.58. The van der Waals surface area contributed by atoms with E-state index in [4.69, 9.17) is 4.98 Å². The number of H-pyrrole nitrogens is 1. The monoisotopic (exact) mass is 230 g/mol. The van der Waals surface area contributed by atoms with Crippen LogP contribution in [-0.4, -0.2) is 19.7 Å². The number of imidazole rings is 1. The number of aromatic amines is 1. The van der Waals surface area contributed by atoms with Crippen molar-refractivity contribution in [3.05, 3.63) is 35.7 Å². The molecule has 90 valence electrons.